The maximum absolute atomic E-state index is 0. The summed E-state index contributed by atoms with van der Waals surface area (Å²) >= 11 is 0. The zero-order valence-corrected chi connectivity index (χ0v) is 11.0. The summed E-state index contributed by atoms with van der Waals surface area (Å²) in [5.74, 6) is 0. The topological polar surface area (TPSA) is 28.5 Å². The molecule has 0 aliphatic carbocycles. The molecule has 0 aliphatic rings. The third-order valence-electron chi connectivity index (χ3n) is 0. The molecule has 4 heavy (non-hydrogen) atoms. The minimum atomic E-state index is 0. The van der Waals surface area contributed by atoms with Crippen LogP contribution in [0.5, 0.6) is 0 Å². The largest absolute Gasteiger partial charge is 4.00 e. The Hall–Kier alpha value is 2.35. The zero-order valence-electron chi connectivity index (χ0n) is 2.06. The molecule has 0 atom stereocenters. The number of hydrogen-bond donors (Lipinski definition) is 0. The van der Waals surface area contributed by atoms with Crippen LogP contribution in [0.2, 0.25) is 0 Å². The molecule has 0 spiro atoms. The van der Waals surface area contributed by atoms with Crippen molar-refractivity contribution in [1.82, 2.24) is 0 Å². The molecule has 1 nitrogen and oxygen atoms in total. The quantitative estimate of drug-likeness (QED) is 0.506. The Morgan fingerprint density at radius 1 is 1.00 bits per heavy atom. The van der Waals surface area contributed by atoms with E-state index in [4.69, 9.17) is 0 Å². The van der Waals surface area contributed by atoms with Gasteiger partial charge in [0.1, 0.15) is 0 Å². The number of hydrogen-bond acceptors (Lipinski definition) is 0. The SMILES string of the molecule is [Bi+3].[O-2].[Zn+2].[Zr+4]. The van der Waals surface area contributed by atoms with Crippen LogP contribution in [0.3, 0.4) is 0 Å². The summed E-state index contributed by atoms with van der Waals surface area (Å²) in [4.78, 5) is 0. The monoisotopic (exact) mass is 379 g/mol. The second kappa shape index (κ2) is 18.3. The standard InChI is InChI=1S/Bi.O.Zn.Zr/q+3;-2;+2;+4. The molecule has 0 aromatic carbocycles. The van der Waals surface area contributed by atoms with Gasteiger partial charge >= 0.3 is 71.9 Å². The van der Waals surface area contributed by atoms with E-state index in [-0.39, 0.29) is 77.4 Å². The van der Waals surface area contributed by atoms with Crippen molar-refractivity contribution < 1.29 is 51.2 Å². The molecule has 0 amide bonds. The summed E-state index contributed by atoms with van der Waals surface area (Å²) in [6.07, 6.45) is 0. The molecule has 0 saturated heterocycles. The smallest absolute Gasteiger partial charge is 2.00 e. The molecule has 0 N–H and O–H groups in total. The number of rotatable bonds is 0. The molecule has 0 bridgehead atoms. The van der Waals surface area contributed by atoms with Gasteiger partial charge in [0, 0.05) is 0 Å². The first-order valence-electron chi connectivity index (χ1n) is 0. The fraction of sp³-hybridized carbons (Fsp3) is 0. The molecule has 10 valence electrons. The summed E-state index contributed by atoms with van der Waals surface area (Å²) < 4.78 is 0. The third kappa shape index (κ3) is 8.84. The van der Waals surface area contributed by atoms with Gasteiger partial charge in [-0.1, -0.05) is 0 Å². The van der Waals surface area contributed by atoms with Crippen molar-refractivity contribution in [3.8, 4) is 0 Å². The second-order valence-electron chi connectivity index (χ2n) is 0. The molecular formula is BiOZnZr+7. The summed E-state index contributed by atoms with van der Waals surface area (Å²) in [5, 5.41) is 0. The van der Waals surface area contributed by atoms with Crippen LogP contribution in [-0.4, -0.2) is 26.2 Å². The van der Waals surface area contributed by atoms with Gasteiger partial charge in [0.2, 0.25) is 0 Å². The molecule has 0 aromatic rings. The Bertz CT molecular complexity index is 8.00. The molecule has 0 heterocycles. The summed E-state index contributed by atoms with van der Waals surface area (Å²) in [6, 6.07) is 0. The van der Waals surface area contributed by atoms with Crippen LogP contribution in [0, 0.1) is 0 Å². The van der Waals surface area contributed by atoms with Gasteiger partial charge < -0.3 is 5.48 Å². The fourth-order valence-electron chi connectivity index (χ4n) is 0. The van der Waals surface area contributed by atoms with Crippen LogP contribution < -0.4 is 0 Å². The predicted octanol–water partition coefficient (Wildman–Crippen LogP) is -0.505. The molecule has 0 fully saturated rings. The van der Waals surface area contributed by atoms with Gasteiger partial charge in [0.05, 0.1) is 0 Å². The maximum Gasteiger partial charge on any atom is 4.00 e. The summed E-state index contributed by atoms with van der Waals surface area (Å²) in [5.41, 5.74) is 0. The van der Waals surface area contributed by atoms with Crippen LogP contribution >= 0.6 is 0 Å². The van der Waals surface area contributed by atoms with E-state index >= 15 is 0 Å². The van der Waals surface area contributed by atoms with Gasteiger partial charge in [-0.05, 0) is 0 Å². The predicted molar refractivity (Wildman–Crippen MR) is 6.44 cm³/mol. The molecule has 0 saturated carbocycles. The van der Waals surface area contributed by atoms with Crippen LogP contribution in [0.4, 0.5) is 0 Å². The molecule has 2 radical (unpaired) electrons. The van der Waals surface area contributed by atoms with Crippen LogP contribution in [-0.2, 0) is 51.2 Å². The Balaban J connectivity index is 0. The van der Waals surface area contributed by atoms with Crippen LogP contribution in [0.25, 0.3) is 0 Å². The van der Waals surface area contributed by atoms with Gasteiger partial charge in [0.15, 0.2) is 0 Å². The van der Waals surface area contributed by atoms with Crippen molar-refractivity contribution >= 4 is 26.2 Å². The average Bonchev–Trinajstić information content (AvgIpc) is 0. The van der Waals surface area contributed by atoms with Gasteiger partial charge in [-0.25, -0.2) is 0 Å². The Morgan fingerprint density at radius 3 is 1.00 bits per heavy atom. The molecule has 0 aliphatic heterocycles. The van der Waals surface area contributed by atoms with Gasteiger partial charge in [-0.3, -0.25) is 0 Å². The van der Waals surface area contributed by atoms with E-state index < -0.39 is 0 Å². The van der Waals surface area contributed by atoms with Crippen molar-refractivity contribution in [3.63, 3.8) is 0 Å². The van der Waals surface area contributed by atoms with E-state index in [0.29, 0.717) is 0 Å². The van der Waals surface area contributed by atoms with Crippen molar-refractivity contribution in [2.45, 2.75) is 0 Å². The third-order valence-corrected chi connectivity index (χ3v) is 0. The molecule has 4 heteroatoms. The van der Waals surface area contributed by atoms with Crippen LogP contribution in [0.15, 0.2) is 0 Å². The fourth-order valence-corrected chi connectivity index (χ4v) is 0. The molecule has 0 aromatic heterocycles. The van der Waals surface area contributed by atoms with Gasteiger partial charge in [0.25, 0.3) is 0 Å². The first kappa shape index (κ1) is 32.9. The maximum atomic E-state index is 0. The first-order valence-corrected chi connectivity index (χ1v) is 0. The van der Waals surface area contributed by atoms with Crippen molar-refractivity contribution in [2.24, 2.45) is 0 Å². The zero-order chi connectivity index (χ0) is 0. The van der Waals surface area contributed by atoms with E-state index in [1.807, 2.05) is 0 Å². The molecule has 0 unspecified atom stereocenters. The van der Waals surface area contributed by atoms with Crippen molar-refractivity contribution in [2.75, 3.05) is 0 Å². The Morgan fingerprint density at radius 2 is 1.00 bits per heavy atom. The molecule has 0 rings (SSSR count). The molecular weight excluding hydrogens is 382 g/mol. The normalized spacial score (nSPS) is 0. The summed E-state index contributed by atoms with van der Waals surface area (Å²) in [7, 11) is 0. The Labute approximate surface area is 76.2 Å². The summed E-state index contributed by atoms with van der Waals surface area (Å²) in [6.45, 7) is 0. The Kier molecular flexibility index (Phi) is 151. The first-order chi connectivity index (χ1) is 0. The van der Waals surface area contributed by atoms with Crippen molar-refractivity contribution in [1.29, 1.82) is 0 Å². The van der Waals surface area contributed by atoms with Crippen LogP contribution in [0.1, 0.15) is 0 Å². The van der Waals surface area contributed by atoms with E-state index in [1.165, 1.54) is 0 Å². The van der Waals surface area contributed by atoms with E-state index in [9.17, 15) is 0 Å². The van der Waals surface area contributed by atoms with Crippen molar-refractivity contribution in [3.05, 3.63) is 0 Å². The second-order valence-corrected chi connectivity index (χ2v) is 0. The van der Waals surface area contributed by atoms with E-state index in [0.717, 1.165) is 0 Å². The van der Waals surface area contributed by atoms with Gasteiger partial charge in [-0.2, -0.15) is 0 Å². The minimum absolute atomic E-state index is 0. The average molecular weight is 382 g/mol. The van der Waals surface area contributed by atoms with E-state index in [2.05, 4.69) is 0 Å². The minimum Gasteiger partial charge on any atom is -2.00 e. The van der Waals surface area contributed by atoms with Gasteiger partial charge in [-0.15, -0.1) is 0 Å². The van der Waals surface area contributed by atoms with E-state index in [1.54, 1.807) is 0 Å².